The third-order valence-electron chi connectivity index (χ3n) is 3.28. The summed E-state index contributed by atoms with van der Waals surface area (Å²) in [4.78, 5) is 14.0. The molecule has 0 bridgehead atoms. The second-order valence-corrected chi connectivity index (χ2v) is 4.55. The van der Waals surface area contributed by atoms with Crippen molar-refractivity contribution in [2.24, 2.45) is 11.7 Å². The molecule has 1 aliphatic heterocycles. The molecule has 1 heterocycles. The number of nitrogens with two attached hydrogens (primary N) is 1. The maximum absolute atomic E-state index is 12.1. The fraction of sp³-hybridized carbons (Fsp3) is 0.462. The van der Waals surface area contributed by atoms with E-state index < -0.39 is 0 Å². The Bertz CT molecular complexity index is 369. The molecule has 1 aromatic rings. The molecule has 1 aliphatic rings. The summed E-state index contributed by atoms with van der Waals surface area (Å²) < 4.78 is 0. The molecule has 1 saturated heterocycles. The van der Waals surface area contributed by atoms with Crippen LogP contribution in [-0.4, -0.2) is 29.9 Å². The first-order valence-corrected chi connectivity index (χ1v) is 5.78. The Morgan fingerprint density at radius 3 is 2.59 bits per heavy atom. The van der Waals surface area contributed by atoms with Gasteiger partial charge in [0.1, 0.15) is 0 Å². The highest BCUT2D eigenvalue weighted by Gasteiger charge is 2.26. The summed E-state index contributed by atoms with van der Waals surface area (Å²) >= 11 is 0. The molecule has 4 heteroatoms. The Labute approximate surface area is 108 Å². The summed E-state index contributed by atoms with van der Waals surface area (Å²) in [6.07, 6.45) is 0.903. The number of hydrogen-bond donors (Lipinski definition) is 1. The smallest absolute Gasteiger partial charge is 0.253 e. The highest BCUT2D eigenvalue weighted by Crippen LogP contribution is 2.17. The van der Waals surface area contributed by atoms with Crippen LogP contribution in [0.2, 0.25) is 0 Å². The zero-order chi connectivity index (χ0) is 11.5. The van der Waals surface area contributed by atoms with Gasteiger partial charge in [-0.1, -0.05) is 25.1 Å². The van der Waals surface area contributed by atoms with E-state index in [2.05, 4.69) is 6.92 Å². The molecule has 0 aromatic heterocycles. The van der Waals surface area contributed by atoms with Gasteiger partial charge in [-0.3, -0.25) is 4.79 Å². The Balaban J connectivity index is 0.00000144. The van der Waals surface area contributed by atoms with Crippen molar-refractivity contribution < 1.29 is 4.79 Å². The highest BCUT2D eigenvalue weighted by atomic mass is 35.5. The summed E-state index contributed by atoms with van der Waals surface area (Å²) in [7, 11) is 0. The third-order valence-corrected chi connectivity index (χ3v) is 3.28. The van der Waals surface area contributed by atoms with Gasteiger partial charge in [-0.2, -0.15) is 0 Å². The normalized spacial score (nSPS) is 24.0. The van der Waals surface area contributed by atoms with Crippen LogP contribution in [0.5, 0.6) is 0 Å². The average molecular weight is 255 g/mol. The van der Waals surface area contributed by atoms with Crippen LogP contribution in [0.15, 0.2) is 30.3 Å². The molecule has 2 unspecified atom stereocenters. The Morgan fingerprint density at radius 1 is 1.35 bits per heavy atom. The number of rotatable bonds is 1. The van der Waals surface area contributed by atoms with Crippen molar-refractivity contribution in [1.82, 2.24) is 4.90 Å². The first-order chi connectivity index (χ1) is 7.68. The molecule has 0 radical (unpaired) electrons. The average Bonchev–Trinajstić information content (AvgIpc) is 2.33. The van der Waals surface area contributed by atoms with Crippen LogP contribution in [0.1, 0.15) is 23.7 Å². The van der Waals surface area contributed by atoms with E-state index in [0.717, 1.165) is 25.1 Å². The molecule has 1 fully saturated rings. The Kier molecular flexibility index (Phi) is 4.97. The molecule has 0 aliphatic carbocycles. The lowest BCUT2D eigenvalue weighted by molar-refractivity contribution is 0.0664. The number of hydrogen-bond acceptors (Lipinski definition) is 2. The van der Waals surface area contributed by atoms with Gasteiger partial charge >= 0.3 is 0 Å². The van der Waals surface area contributed by atoms with Crippen molar-refractivity contribution in [3.8, 4) is 0 Å². The lowest BCUT2D eigenvalue weighted by Crippen LogP contribution is -2.48. The molecule has 0 saturated carbocycles. The molecule has 3 nitrogen and oxygen atoms in total. The third kappa shape index (κ3) is 3.20. The molecule has 1 aromatic carbocycles. The number of likely N-dealkylation sites (tertiary alicyclic amines) is 1. The van der Waals surface area contributed by atoms with Crippen molar-refractivity contribution >= 4 is 18.3 Å². The lowest BCUT2D eigenvalue weighted by Gasteiger charge is -2.35. The van der Waals surface area contributed by atoms with E-state index >= 15 is 0 Å². The van der Waals surface area contributed by atoms with Crippen molar-refractivity contribution in [3.05, 3.63) is 35.9 Å². The summed E-state index contributed by atoms with van der Waals surface area (Å²) in [5, 5.41) is 0. The number of carbonyl (C=O) groups excluding carboxylic acids is 1. The minimum Gasteiger partial charge on any atom is -0.338 e. The van der Waals surface area contributed by atoms with E-state index in [4.69, 9.17) is 5.73 Å². The van der Waals surface area contributed by atoms with Gasteiger partial charge in [-0.25, -0.2) is 0 Å². The van der Waals surface area contributed by atoms with Crippen LogP contribution >= 0.6 is 12.4 Å². The van der Waals surface area contributed by atoms with E-state index in [0.29, 0.717) is 5.92 Å². The van der Waals surface area contributed by atoms with Gasteiger partial charge in [0.2, 0.25) is 0 Å². The van der Waals surface area contributed by atoms with E-state index in [-0.39, 0.29) is 24.4 Å². The van der Waals surface area contributed by atoms with Crippen LogP contribution in [0.3, 0.4) is 0 Å². The van der Waals surface area contributed by atoms with Crippen LogP contribution < -0.4 is 5.73 Å². The molecule has 2 atom stereocenters. The van der Waals surface area contributed by atoms with Gasteiger partial charge in [-0.15, -0.1) is 12.4 Å². The number of piperidine rings is 1. The van der Waals surface area contributed by atoms with Gasteiger partial charge in [0.25, 0.3) is 5.91 Å². The topological polar surface area (TPSA) is 46.3 Å². The Hall–Kier alpha value is -1.06. The van der Waals surface area contributed by atoms with Crippen molar-refractivity contribution in [2.75, 3.05) is 13.1 Å². The predicted molar refractivity (Wildman–Crippen MR) is 71.3 cm³/mol. The van der Waals surface area contributed by atoms with Crippen molar-refractivity contribution in [3.63, 3.8) is 0 Å². The van der Waals surface area contributed by atoms with Gasteiger partial charge in [0, 0.05) is 24.7 Å². The molecule has 2 rings (SSSR count). The van der Waals surface area contributed by atoms with Gasteiger partial charge in [0.15, 0.2) is 0 Å². The number of amides is 1. The molecule has 17 heavy (non-hydrogen) atoms. The second-order valence-electron chi connectivity index (χ2n) is 4.55. The maximum atomic E-state index is 12.1. The molecular weight excluding hydrogens is 236 g/mol. The maximum Gasteiger partial charge on any atom is 0.253 e. The molecular formula is C13H19ClN2O. The molecule has 1 amide bonds. The van der Waals surface area contributed by atoms with E-state index in [1.807, 2.05) is 35.2 Å². The fourth-order valence-corrected chi connectivity index (χ4v) is 2.11. The van der Waals surface area contributed by atoms with Crippen LogP contribution in [0.4, 0.5) is 0 Å². The molecule has 2 N–H and O–H groups in total. The zero-order valence-corrected chi connectivity index (χ0v) is 10.8. The number of nitrogens with zero attached hydrogens (tertiary/aromatic N) is 1. The van der Waals surface area contributed by atoms with Crippen LogP contribution in [-0.2, 0) is 0 Å². The van der Waals surface area contributed by atoms with Crippen LogP contribution in [0.25, 0.3) is 0 Å². The largest absolute Gasteiger partial charge is 0.338 e. The zero-order valence-electron chi connectivity index (χ0n) is 10.0. The number of carbonyl (C=O) groups is 1. The first kappa shape index (κ1) is 14.0. The second kappa shape index (κ2) is 6.03. The quantitative estimate of drug-likeness (QED) is 0.832. The van der Waals surface area contributed by atoms with Gasteiger partial charge < -0.3 is 10.6 Å². The van der Waals surface area contributed by atoms with Gasteiger partial charge in [0.05, 0.1) is 0 Å². The summed E-state index contributed by atoms with van der Waals surface area (Å²) in [6.45, 7) is 3.66. The molecule has 94 valence electrons. The van der Waals surface area contributed by atoms with Crippen molar-refractivity contribution in [2.45, 2.75) is 19.4 Å². The SMILES string of the molecule is CC1CN(C(=O)c2ccccc2)CCC1N.Cl. The first-order valence-electron chi connectivity index (χ1n) is 5.78. The summed E-state index contributed by atoms with van der Waals surface area (Å²) in [5.74, 6) is 0.515. The number of benzene rings is 1. The van der Waals surface area contributed by atoms with Crippen molar-refractivity contribution in [1.29, 1.82) is 0 Å². The predicted octanol–water partition coefficient (Wildman–Crippen LogP) is 1.92. The van der Waals surface area contributed by atoms with Crippen LogP contribution in [0, 0.1) is 5.92 Å². The van der Waals surface area contributed by atoms with E-state index in [1.54, 1.807) is 0 Å². The highest BCUT2D eigenvalue weighted by molar-refractivity contribution is 5.94. The summed E-state index contributed by atoms with van der Waals surface area (Å²) in [5.41, 5.74) is 6.71. The van der Waals surface area contributed by atoms with E-state index in [1.165, 1.54) is 0 Å². The molecule has 0 spiro atoms. The minimum absolute atomic E-state index is 0. The monoisotopic (exact) mass is 254 g/mol. The number of halogens is 1. The summed E-state index contributed by atoms with van der Waals surface area (Å²) in [6, 6.07) is 9.67. The standard InChI is InChI=1S/C13H18N2O.ClH/c1-10-9-15(8-7-12(10)14)13(16)11-5-3-2-4-6-11;/h2-6,10,12H,7-9,14H2,1H3;1H. The fourth-order valence-electron chi connectivity index (χ4n) is 2.11. The van der Waals surface area contributed by atoms with E-state index in [9.17, 15) is 4.79 Å². The Morgan fingerprint density at radius 2 is 2.00 bits per heavy atom. The van der Waals surface area contributed by atoms with Gasteiger partial charge in [-0.05, 0) is 24.5 Å². The lowest BCUT2D eigenvalue weighted by atomic mass is 9.94. The minimum atomic E-state index is 0.